The highest BCUT2D eigenvalue weighted by atomic mass is 35.5. The van der Waals surface area contributed by atoms with Crippen molar-refractivity contribution in [3.05, 3.63) is 101 Å². The molecule has 1 N–H and O–H groups in total. The van der Waals surface area contributed by atoms with Crippen LogP contribution in [0.1, 0.15) is 35.2 Å². The van der Waals surface area contributed by atoms with E-state index in [4.69, 9.17) is 0 Å². The van der Waals surface area contributed by atoms with Crippen molar-refractivity contribution in [1.82, 2.24) is 4.90 Å². The second kappa shape index (κ2) is 9.27. The topological polar surface area (TPSA) is 15.3 Å². The summed E-state index contributed by atoms with van der Waals surface area (Å²) in [5.41, 5.74) is 6.86. The van der Waals surface area contributed by atoms with Crippen LogP contribution in [0.5, 0.6) is 0 Å². The molecule has 0 fully saturated rings. The lowest BCUT2D eigenvalue weighted by Crippen LogP contribution is -2.37. The number of nitrogens with one attached hydrogen (secondary N) is 1. The van der Waals surface area contributed by atoms with Crippen molar-refractivity contribution in [2.75, 3.05) is 18.9 Å². The predicted octanol–water partition coefficient (Wildman–Crippen LogP) is 5.73. The van der Waals surface area contributed by atoms with E-state index in [-0.39, 0.29) is 12.4 Å². The van der Waals surface area contributed by atoms with Crippen LogP contribution < -0.4 is 5.32 Å². The molecule has 0 bridgehead atoms. The summed E-state index contributed by atoms with van der Waals surface area (Å²) in [5, 5.41) is 3.91. The molecule has 0 spiro atoms. The fourth-order valence-corrected chi connectivity index (χ4v) is 4.19. The van der Waals surface area contributed by atoms with E-state index in [1.807, 2.05) is 0 Å². The molecule has 2 atom stereocenters. The van der Waals surface area contributed by atoms with Crippen molar-refractivity contribution >= 4 is 18.1 Å². The fourth-order valence-electron chi connectivity index (χ4n) is 4.19. The lowest BCUT2D eigenvalue weighted by Gasteiger charge is -2.31. The SMILES string of the molecule is CCN(C)[C@@H]1Cc2ccccc2[C@H]1Nc1ccccc1Cc1ccccc1.Cl. The highest BCUT2D eigenvalue weighted by molar-refractivity contribution is 5.85. The summed E-state index contributed by atoms with van der Waals surface area (Å²) in [7, 11) is 2.24. The largest absolute Gasteiger partial charge is 0.376 e. The molecule has 0 aliphatic heterocycles. The van der Waals surface area contributed by atoms with Crippen molar-refractivity contribution in [3.63, 3.8) is 0 Å². The molecule has 0 heterocycles. The van der Waals surface area contributed by atoms with Crippen molar-refractivity contribution in [1.29, 1.82) is 0 Å². The van der Waals surface area contributed by atoms with Gasteiger partial charge in [0.2, 0.25) is 0 Å². The Hall–Kier alpha value is -2.29. The smallest absolute Gasteiger partial charge is 0.0675 e. The van der Waals surface area contributed by atoms with E-state index >= 15 is 0 Å². The van der Waals surface area contributed by atoms with E-state index in [1.165, 1.54) is 27.9 Å². The van der Waals surface area contributed by atoms with Crippen LogP contribution >= 0.6 is 12.4 Å². The van der Waals surface area contributed by atoms with Gasteiger partial charge in [0.05, 0.1) is 6.04 Å². The summed E-state index contributed by atoms with van der Waals surface area (Å²) >= 11 is 0. The van der Waals surface area contributed by atoms with Crippen LogP contribution in [0.3, 0.4) is 0 Å². The number of halogens is 1. The van der Waals surface area contributed by atoms with Crippen molar-refractivity contribution in [2.24, 2.45) is 0 Å². The van der Waals surface area contributed by atoms with Crippen molar-refractivity contribution < 1.29 is 0 Å². The van der Waals surface area contributed by atoms with E-state index < -0.39 is 0 Å². The summed E-state index contributed by atoms with van der Waals surface area (Å²) in [4.78, 5) is 2.47. The molecular weight excluding hydrogens is 364 g/mol. The standard InChI is InChI=1S/C25H28N2.ClH/c1-3-27(2)24-18-20-13-7-9-15-22(20)25(24)26-23-16-10-8-14-21(23)17-19-11-5-4-6-12-19;/h4-16,24-26H,3,17-18H2,1-2H3;1H/t24-,25-;/m1./s1. The summed E-state index contributed by atoms with van der Waals surface area (Å²) in [6.07, 6.45) is 2.06. The Morgan fingerprint density at radius 1 is 0.893 bits per heavy atom. The molecule has 0 amide bonds. The lowest BCUT2D eigenvalue weighted by atomic mass is 10.0. The van der Waals surface area contributed by atoms with Crippen LogP contribution in [-0.4, -0.2) is 24.5 Å². The minimum absolute atomic E-state index is 0. The predicted molar refractivity (Wildman–Crippen MR) is 122 cm³/mol. The normalized spacial score (nSPS) is 17.8. The Morgan fingerprint density at radius 2 is 1.57 bits per heavy atom. The molecule has 3 aromatic rings. The first-order valence-electron chi connectivity index (χ1n) is 9.92. The third-order valence-corrected chi connectivity index (χ3v) is 5.83. The molecule has 3 aromatic carbocycles. The third kappa shape index (κ3) is 4.24. The van der Waals surface area contributed by atoms with E-state index in [0.717, 1.165) is 19.4 Å². The highest BCUT2D eigenvalue weighted by Gasteiger charge is 2.34. The Balaban J connectivity index is 0.00000225. The van der Waals surface area contributed by atoms with Gasteiger partial charge in [-0.1, -0.05) is 79.7 Å². The maximum Gasteiger partial charge on any atom is 0.0675 e. The van der Waals surface area contributed by atoms with Gasteiger partial charge in [-0.25, -0.2) is 0 Å². The second-order valence-corrected chi connectivity index (χ2v) is 7.49. The summed E-state index contributed by atoms with van der Waals surface area (Å²) < 4.78 is 0. The number of fused-ring (bicyclic) bond motifs is 1. The van der Waals surface area contributed by atoms with Gasteiger partial charge in [0.15, 0.2) is 0 Å². The Labute approximate surface area is 175 Å². The van der Waals surface area contributed by atoms with Crippen molar-refractivity contribution in [3.8, 4) is 0 Å². The minimum atomic E-state index is 0. The Morgan fingerprint density at radius 3 is 2.36 bits per heavy atom. The highest BCUT2D eigenvalue weighted by Crippen LogP contribution is 2.37. The molecule has 0 radical (unpaired) electrons. The molecule has 0 saturated carbocycles. The van der Waals surface area contributed by atoms with E-state index in [0.29, 0.717) is 12.1 Å². The van der Waals surface area contributed by atoms with Crippen LogP contribution in [0.25, 0.3) is 0 Å². The maximum absolute atomic E-state index is 3.91. The van der Waals surface area contributed by atoms with E-state index in [2.05, 4.69) is 103 Å². The average molecular weight is 393 g/mol. The minimum Gasteiger partial charge on any atom is -0.376 e. The fraction of sp³-hybridized carbons (Fsp3) is 0.280. The molecule has 0 aromatic heterocycles. The van der Waals surface area contributed by atoms with Gasteiger partial charge in [-0.2, -0.15) is 0 Å². The van der Waals surface area contributed by atoms with Crippen LogP contribution in [0.2, 0.25) is 0 Å². The van der Waals surface area contributed by atoms with Gasteiger partial charge in [-0.15, -0.1) is 12.4 Å². The van der Waals surface area contributed by atoms with Gasteiger partial charge in [-0.05, 0) is 54.8 Å². The Kier molecular flexibility index (Phi) is 6.77. The zero-order valence-corrected chi connectivity index (χ0v) is 17.5. The molecule has 28 heavy (non-hydrogen) atoms. The zero-order chi connectivity index (χ0) is 18.6. The first-order chi connectivity index (χ1) is 13.3. The van der Waals surface area contributed by atoms with Gasteiger partial charge in [0, 0.05) is 11.7 Å². The number of hydrogen-bond acceptors (Lipinski definition) is 2. The first-order valence-corrected chi connectivity index (χ1v) is 9.92. The quantitative estimate of drug-likeness (QED) is 0.576. The van der Waals surface area contributed by atoms with Crippen LogP contribution in [-0.2, 0) is 12.8 Å². The van der Waals surface area contributed by atoms with Gasteiger partial charge in [0.1, 0.15) is 0 Å². The van der Waals surface area contributed by atoms with Gasteiger partial charge >= 0.3 is 0 Å². The van der Waals surface area contributed by atoms with Gasteiger partial charge in [0.25, 0.3) is 0 Å². The van der Waals surface area contributed by atoms with E-state index in [9.17, 15) is 0 Å². The molecule has 4 rings (SSSR count). The molecule has 146 valence electrons. The molecule has 2 nitrogen and oxygen atoms in total. The van der Waals surface area contributed by atoms with E-state index in [1.54, 1.807) is 0 Å². The summed E-state index contributed by atoms with van der Waals surface area (Å²) in [5.74, 6) is 0. The molecule has 3 heteroatoms. The Bertz CT molecular complexity index is 894. The van der Waals surface area contributed by atoms with Gasteiger partial charge in [-0.3, -0.25) is 0 Å². The molecule has 1 aliphatic rings. The lowest BCUT2D eigenvalue weighted by molar-refractivity contribution is 0.241. The number of hydrogen-bond donors (Lipinski definition) is 1. The molecule has 1 aliphatic carbocycles. The number of benzene rings is 3. The third-order valence-electron chi connectivity index (χ3n) is 5.83. The molecular formula is C25H29ClN2. The summed E-state index contributed by atoms with van der Waals surface area (Å²) in [6, 6.07) is 29.2. The maximum atomic E-state index is 3.91. The first kappa shape index (κ1) is 20.4. The van der Waals surface area contributed by atoms with Gasteiger partial charge < -0.3 is 10.2 Å². The second-order valence-electron chi connectivity index (χ2n) is 7.49. The van der Waals surface area contributed by atoms with Crippen molar-refractivity contribution in [2.45, 2.75) is 31.8 Å². The number of para-hydroxylation sites is 1. The van der Waals surface area contributed by atoms with Crippen LogP contribution in [0.15, 0.2) is 78.9 Å². The zero-order valence-electron chi connectivity index (χ0n) is 16.6. The summed E-state index contributed by atoms with van der Waals surface area (Å²) in [6.45, 7) is 3.30. The average Bonchev–Trinajstić information content (AvgIpc) is 3.08. The number of likely N-dealkylation sites (N-methyl/N-ethyl adjacent to an activating group) is 1. The number of nitrogens with zero attached hydrogens (tertiary/aromatic N) is 1. The monoisotopic (exact) mass is 392 g/mol. The van der Waals surface area contributed by atoms with Crippen LogP contribution in [0, 0.1) is 0 Å². The molecule has 0 saturated heterocycles. The molecule has 0 unspecified atom stereocenters. The van der Waals surface area contributed by atoms with Crippen LogP contribution in [0.4, 0.5) is 5.69 Å². The number of anilines is 1. The number of rotatable bonds is 6.